The maximum Gasteiger partial charge on any atom is 0.275 e. The summed E-state index contributed by atoms with van der Waals surface area (Å²) in [7, 11) is 0. The van der Waals surface area contributed by atoms with Crippen LogP contribution in [0.1, 0.15) is 24.2 Å². The van der Waals surface area contributed by atoms with Gasteiger partial charge < -0.3 is 5.11 Å². The number of carbonyl (C=O) groups is 1. The second kappa shape index (κ2) is 5.51. The van der Waals surface area contributed by atoms with E-state index in [0.717, 1.165) is 0 Å². The highest BCUT2D eigenvalue weighted by Crippen LogP contribution is 2.21. The molecule has 0 aliphatic rings. The first-order chi connectivity index (χ1) is 7.50. The van der Waals surface area contributed by atoms with Gasteiger partial charge >= 0.3 is 0 Å². The Morgan fingerprint density at radius 3 is 2.88 bits per heavy atom. The Bertz CT molecular complexity index is 416. The number of phenols is 1. The quantitative estimate of drug-likeness (QED) is 0.630. The van der Waals surface area contributed by atoms with Gasteiger partial charge in [-0.1, -0.05) is 25.4 Å². The van der Waals surface area contributed by atoms with Crippen LogP contribution in [0.15, 0.2) is 23.3 Å². The predicted octanol–water partition coefficient (Wildman–Crippen LogP) is 2.42. The van der Waals surface area contributed by atoms with E-state index in [1.54, 1.807) is 6.21 Å². The predicted molar refractivity (Wildman–Crippen MR) is 63.9 cm³/mol. The third kappa shape index (κ3) is 3.55. The summed E-state index contributed by atoms with van der Waals surface area (Å²) in [6.45, 7) is 3.87. The molecule has 0 heterocycles. The van der Waals surface area contributed by atoms with Crippen LogP contribution in [0.3, 0.4) is 0 Å². The maximum absolute atomic E-state index is 11.6. The molecule has 0 aromatic heterocycles. The molecule has 1 aromatic rings. The van der Waals surface area contributed by atoms with Gasteiger partial charge in [0, 0.05) is 11.2 Å². The minimum absolute atomic E-state index is 0.105. The van der Waals surface area contributed by atoms with Gasteiger partial charge in [0.2, 0.25) is 0 Å². The summed E-state index contributed by atoms with van der Waals surface area (Å²) in [5, 5.41) is 13.6. The number of nitrogens with zero attached hydrogens (tertiary/aromatic N) is 1. The average molecular weight is 241 g/mol. The van der Waals surface area contributed by atoms with Crippen molar-refractivity contribution in [3.05, 3.63) is 28.8 Å². The third-order valence-electron chi connectivity index (χ3n) is 1.74. The zero-order valence-electron chi connectivity index (χ0n) is 9.07. The lowest BCUT2D eigenvalue weighted by Gasteiger charge is -2.03. The summed E-state index contributed by atoms with van der Waals surface area (Å²) >= 11 is 5.72. The summed E-state index contributed by atoms with van der Waals surface area (Å²) in [6, 6.07) is 4.26. The van der Waals surface area contributed by atoms with Crippen molar-refractivity contribution < 1.29 is 9.90 Å². The van der Waals surface area contributed by atoms with Gasteiger partial charge in [0.1, 0.15) is 5.75 Å². The molecule has 0 radical (unpaired) electrons. The smallest absolute Gasteiger partial charge is 0.275 e. The van der Waals surface area contributed by atoms with E-state index in [2.05, 4.69) is 10.5 Å². The fourth-order valence-electron chi connectivity index (χ4n) is 0.995. The van der Waals surface area contributed by atoms with Crippen LogP contribution >= 0.6 is 11.6 Å². The number of hydrogen-bond acceptors (Lipinski definition) is 3. The van der Waals surface area contributed by atoms with Gasteiger partial charge in [0.25, 0.3) is 5.91 Å². The van der Waals surface area contributed by atoms with Gasteiger partial charge in [0.15, 0.2) is 0 Å². The number of carbonyl (C=O) groups excluding carboxylic acids is 1. The zero-order valence-corrected chi connectivity index (χ0v) is 9.82. The van der Waals surface area contributed by atoms with E-state index < -0.39 is 5.91 Å². The Morgan fingerprint density at radius 1 is 1.56 bits per heavy atom. The first kappa shape index (κ1) is 12.5. The molecular formula is C11H13ClN2O2. The van der Waals surface area contributed by atoms with Crippen LogP contribution in [0.2, 0.25) is 5.02 Å². The highest BCUT2D eigenvalue weighted by atomic mass is 35.5. The molecule has 0 aliphatic carbocycles. The molecule has 0 bridgehead atoms. The minimum atomic E-state index is -0.489. The molecule has 16 heavy (non-hydrogen) atoms. The van der Waals surface area contributed by atoms with Crippen LogP contribution in [-0.2, 0) is 0 Å². The lowest BCUT2D eigenvalue weighted by molar-refractivity contribution is 0.0952. The highest BCUT2D eigenvalue weighted by molar-refractivity contribution is 6.31. The highest BCUT2D eigenvalue weighted by Gasteiger charge is 2.10. The van der Waals surface area contributed by atoms with Crippen LogP contribution in [-0.4, -0.2) is 17.2 Å². The monoisotopic (exact) mass is 240 g/mol. The van der Waals surface area contributed by atoms with Gasteiger partial charge in [-0.15, -0.1) is 0 Å². The molecule has 1 rings (SSSR count). The Labute approximate surface area is 98.9 Å². The van der Waals surface area contributed by atoms with E-state index >= 15 is 0 Å². The number of hydrazone groups is 1. The number of benzene rings is 1. The SMILES string of the molecule is CC(C)C=NNC(=O)c1cc(Cl)ccc1O. The van der Waals surface area contributed by atoms with Crippen molar-refractivity contribution in [2.24, 2.45) is 11.0 Å². The molecule has 4 nitrogen and oxygen atoms in total. The van der Waals surface area contributed by atoms with Crippen LogP contribution in [0.5, 0.6) is 5.75 Å². The molecule has 2 N–H and O–H groups in total. The van der Waals surface area contributed by atoms with Gasteiger partial charge in [-0.3, -0.25) is 4.79 Å². The summed E-state index contributed by atoms with van der Waals surface area (Å²) < 4.78 is 0. The fourth-order valence-corrected chi connectivity index (χ4v) is 1.17. The Balaban J connectivity index is 2.77. The zero-order chi connectivity index (χ0) is 12.1. The molecule has 1 aromatic carbocycles. The van der Waals surface area contributed by atoms with E-state index in [4.69, 9.17) is 11.6 Å². The van der Waals surface area contributed by atoms with Crippen molar-refractivity contribution in [3.8, 4) is 5.75 Å². The molecule has 0 unspecified atom stereocenters. The molecule has 0 spiro atoms. The molecule has 0 fully saturated rings. The molecule has 0 aliphatic heterocycles. The number of phenolic OH excluding ortho intramolecular Hbond substituents is 1. The van der Waals surface area contributed by atoms with Gasteiger partial charge in [-0.25, -0.2) is 5.43 Å². The van der Waals surface area contributed by atoms with Crippen molar-refractivity contribution in [2.45, 2.75) is 13.8 Å². The number of rotatable bonds is 3. The molecule has 5 heteroatoms. The van der Waals surface area contributed by atoms with Gasteiger partial charge in [0.05, 0.1) is 5.56 Å². The second-order valence-electron chi connectivity index (χ2n) is 3.62. The average Bonchev–Trinajstić information content (AvgIpc) is 2.21. The summed E-state index contributed by atoms with van der Waals surface area (Å²) in [5.41, 5.74) is 2.42. The van der Waals surface area contributed by atoms with Crippen molar-refractivity contribution in [2.75, 3.05) is 0 Å². The first-order valence-electron chi connectivity index (χ1n) is 4.82. The van der Waals surface area contributed by atoms with E-state index in [1.165, 1.54) is 18.2 Å². The normalized spacial score (nSPS) is 11.0. The number of aromatic hydroxyl groups is 1. The number of halogens is 1. The molecule has 86 valence electrons. The molecule has 1 amide bonds. The lowest BCUT2D eigenvalue weighted by Crippen LogP contribution is -2.18. The largest absolute Gasteiger partial charge is 0.507 e. The Hall–Kier alpha value is -1.55. The van der Waals surface area contributed by atoms with Crippen LogP contribution in [0.4, 0.5) is 0 Å². The topological polar surface area (TPSA) is 61.7 Å². The minimum Gasteiger partial charge on any atom is -0.507 e. The summed E-state index contributed by atoms with van der Waals surface area (Å²) in [5.74, 6) is -0.369. The first-order valence-corrected chi connectivity index (χ1v) is 5.20. The fraction of sp³-hybridized carbons (Fsp3) is 0.273. The lowest BCUT2D eigenvalue weighted by atomic mass is 10.2. The third-order valence-corrected chi connectivity index (χ3v) is 1.98. The van der Waals surface area contributed by atoms with E-state index in [-0.39, 0.29) is 17.2 Å². The number of hydrogen-bond donors (Lipinski definition) is 2. The summed E-state index contributed by atoms with van der Waals surface area (Å²) in [6.07, 6.45) is 1.60. The van der Waals surface area contributed by atoms with Crippen molar-refractivity contribution in [1.29, 1.82) is 0 Å². The summed E-state index contributed by atoms with van der Waals surface area (Å²) in [4.78, 5) is 11.6. The molecule has 0 saturated carbocycles. The Morgan fingerprint density at radius 2 is 2.25 bits per heavy atom. The number of nitrogens with one attached hydrogen (secondary N) is 1. The van der Waals surface area contributed by atoms with Crippen LogP contribution in [0.25, 0.3) is 0 Å². The van der Waals surface area contributed by atoms with E-state index in [1.807, 2.05) is 13.8 Å². The molecular weight excluding hydrogens is 228 g/mol. The van der Waals surface area contributed by atoms with Crippen molar-refractivity contribution >= 4 is 23.7 Å². The van der Waals surface area contributed by atoms with Crippen molar-refractivity contribution in [1.82, 2.24) is 5.43 Å². The maximum atomic E-state index is 11.6. The van der Waals surface area contributed by atoms with E-state index in [0.29, 0.717) is 5.02 Å². The number of amides is 1. The van der Waals surface area contributed by atoms with Crippen molar-refractivity contribution in [3.63, 3.8) is 0 Å². The van der Waals surface area contributed by atoms with Crippen LogP contribution in [0, 0.1) is 5.92 Å². The van der Waals surface area contributed by atoms with Gasteiger partial charge in [-0.05, 0) is 24.1 Å². The van der Waals surface area contributed by atoms with E-state index in [9.17, 15) is 9.90 Å². The molecule has 0 saturated heterocycles. The Kier molecular flexibility index (Phi) is 4.31. The van der Waals surface area contributed by atoms with Crippen LogP contribution < -0.4 is 5.43 Å². The molecule has 0 atom stereocenters. The van der Waals surface area contributed by atoms with Gasteiger partial charge in [-0.2, -0.15) is 5.10 Å². The second-order valence-corrected chi connectivity index (χ2v) is 4.06. The standard InChI is InChI=1S/C11H13ClN2O2/c1-7(2)6-13-14-11(16)9-5-8(12)3-4-10(9)15/h3-7,15H,1-2H3,(H,14,16).